The van der Waals surface area contributed by atoms with Gasteiger partial charge in [-0.2, -0.15) is 25.5 Å². The lowest BCUT2D eigenvalue weighted by atomic mass is 9.83. The van der Waals surface area contributed by atoms with Gasteiger partial charge in [-0.3, -0.25) is 34.7 Å². The number of carbonyl (C=O) groups excluding carboxylic acids is 2. The molecular formula is C59H71Cl4N15O2. The second kappa shape index (κ2) is 26.4. The molecule has 13 rings (SSSR count). The quantitative estimate of drug-likeness (QED) is 0.0929. The summed E-state index contributed by atoms with van der Waals surface area (Å²) in [5, 5.41) is 43.0. The van der Waals surface area contributed by atoms with E-state index >= 15 is 0 Å². The van der Waals surface area contributed by atoms with Gasteiger partial charge in [0.25, 0.3) is 0 Å². The molecule has 422 valence electrons. The van der Waals surface area contributed by atoms with Gasteiger partial charge in [-0.05, 0) is 129 Å². The summed E-state index contributed by atoms with van der Waals surface area (Å²) in [7, 11) is 5.33. The molecule has 5 N–H and O–H groups in total. The normalized spacial score (nSPS) is 16.8. The van der Waals surface area contributed by atoms with E-state index in [1.807, 2.05) is 99.8 Å². The van der Waals surface area contributed by atoms with E-state index in [4.69, 9.17) is 46.4 Å². The smallest absolute Gasteiger partial charge is 0.222 e. The number of amides is 2. The van der Waals surface area contributed by atoms with Gasteiger partial charge in [-0.25, -0.2) is 0 Å². The van der Waals surface area contributed by atoms with Crippen molar-refractivity contribution >= 4 is 119 Å². The number of rotatable bonds is 9. The maximum absolute atomic E-state index is 11.8. The van der Waals surface area contributed by atoms with Gasteiger partial charge in [0.2, 0.25) is 11.8 Å². The van der Waals surface area contributed by atoms with E-state index in [1.54, 1.807) is 11.9 Å². The third kappa shape index (κ3) is 13.8. The number of aromatic amines is 4. The Bertz CT molecular complexity index is 3470. The zero-order valence-electron chi connectivity index (χ0n) is 45.7. The summed E-state index contributed by atoms with van der Waals surface area (Å²) in [4.78, 5) is 32.0. The van der Waals surface area contributed by atoms with Gasteiger partial charge in [0.05, 0.1) is 52.9 Å². The van der Waals surface area contributed by atoms with Crippen LogP contribution in [0.2, 0.25) is 20.1 Å². The molecule has 0 unspecified atom stereocenters. The van der Waals surface area contributed by atoms with Crippen LogP contribution in [0.25, 0.3) is 43.6 Å². The molecule has 0 atom stereocenters. The predicted molar refractivity (Wildman–Crippen MR) is 325 cm³/mol. The highest BCUT2D eigenvalue weighted by molar-refractivity contribution is 6.33. The average Bonchev–Trinajstić information content (AvgIpc) is 4.38. The number of nitrogens with zero attached hydrogens (tertiary/aromatic N) is 10. The number of halogens is 4. The third-order valence-corrected chi connectivity index (χ3v) is 17.3. The topological polar surface area (TPSA) is 192 Å². The molecule has 4 aromatic carbocycles. The molecule has 0 spiro atoms. The van der Waals surface area contributed by atoms with Crippen molar-refractivity contribution < 1.29 is 9.59 Å². The monoisotopic (exact) mass is 1160 g/mol. The lowest BCUT2D eigenvalue weighted by molar-refractivity contribution is -0.129. The highest BCUT2D eigenvalue weighted by Gasteiger charge is 2.27. The molecule has 5 aromatic heterocycles. The number of nitrogens with one attached hydrogen (secondary N) is 5. The number of benzene rings is 4. The van der Waals surface area contributed by atoms with Crippen molar-refractivity contribution in [3.63, 3.8) is 0 Å². The third-order valence-electron chi connectivity index (χ3n) is 16.4. The molecule has 4 fully saturated rings. The zero-order chi connectivity index (χ0) is 55.7. The Balaban J connectivity index is 0.000000121. The van der Waals surface area contributed by atoms with E-state index in [2.05, 4.69) is 76.7 Å². The minimum Gasteiger partial charge on any atom is -0.371 e. The number of H-pyrrole nitrogens is 4. The van der Waals surface area contributed by atoms with Crippen LogP contribution in [0.15, 0.2) is 91.8 Å². The largest absolute Gasteiger partial charge is 0.371 e. The summed E-state index contributed by atoms with van der Waals surface area (Å²) in [6.45, 7) is 5.80. The van der Waals surface area contributed by atoms with E-state index in [0.29, 0.717) is 41.7 Å². The zero-order valence-corrected chi connectivity index (χ0v) is 48.7. The highest BCUT2D eigenvalue weighted by Crippen LogP contribution is 2.39. The van der Waals surface area contributed by atoms with Gasteiger partial charge in [-0.15, -0.1) is 0 Å². The van der Waals surface area contributed by atoms with Crippen molar-refractivity contribution in [1.29, 1.82) is 0 Å². The van der Waals surface area contributed by atoms with Crippen LogP contribution in [0.4, 0.5) is 17.1 Å². The fourth-order valence-corrected chi connectivity index (χ4v) is 12.9. The van der Waals surface area contributed by atoms with E-state index in [1.165, 1.54) is 48.7 Å². The van der Waals surface area contributed by atoms with Crippen molar-refractivity contribution in [2.45, 2.75) is 95.4 Å². The maximum Gasteiger partial charge on any atom is 0.222 e. The molecule has 0 bridgehead atoms. The molecule has 9 aromatic rings. The molecule has 4 aliphatic rings. The number of hydrogen-bond acceptors (Lipinski definition) is 10. The molecule has 21 heteroatoms. The first-order valence-electron chi connectivity index (χ1n) is 28.0. The van der Waals surface area contributed by atoms with Gasteiger partial charge >= 0.3 is 0 Å². The van der Waals surface area contributed by atoms with E-state index < -0.39 is 0 Å². The molecule has 3 saturated heterocycles. The van der Waals surface area contributed by atoms with Crippen LogP contribution in [0, 0.1) is 11.8 Å². The first-order chi connectivity index (χ1) is 38.9. The Labute approximate surface area is 486 Å². The summed E-state index contributed by atoms with van der Waals surface area (Å²) in [5.74, 6) is 1.98. The molecular weight excluding hydrogens is 1090 g/mol. The first kappa shape index (κ1) is 56.7. The fraction of sp³-hybridized carbons (Fsp3) is 0.441. The summed E-state index contributed by atoms with van der Waals surface area (Å²) in [6, 6.07) is 18.3. The second-order valence-electron chi connectivity index (χ2n) is 21.9. The lowest BCUT2D eigenvalue weighted by Gasteiger charge is -2.34. The van der Waals surface area contributed by atoms with Crippen molar-refractivity contribution in [1.82, 2.24) is 60.8 Å². The summed E-state index contributed by atoms with van der Waals surface area (Å²) in [6.07, 6.45) is 25.6. The van der Waals surface area contributed by atoms with Crippen LogP contribution in [0.3, 0.4) is 0 Å². The molecule has 80 heavy (non-hydrogen) atoms. The van der Waals surface area contributed by atoms with Gasteiger partial charge in [0.1, 0.15) is 0 Å². The Morgan fingerprint density at radius 3 is 1.39 bits per heavy atom. The Morgan fingerprint density at radius 2 is 0.963 bits per heavy atom. The number of anilines is 3. The minimum absolute atomic E-state index is 0.133. The second-order valence-corrected chi connectivity index (χ2v) is 23.6. The van der Waals surface area contributed by atoms with Crippen molar-refractivity contribution in [2.75, 3.05) is 75.1 Å². The van der Waals surface area contributed by atoms with E-state index in [0.717, 1.165) is 142 Å². The number of fused-ring (bicyclic) bond motifs is 4. The van der Waals surface area contributed by atoms with Gasteiger partial charge < -0.3 is 24.9 Å². The molecule has 3 aliphatic heterocycles. The van der Waals surface area contributed by atoms with Crippen molar-refractivity contribution in [2.24, 2.45) is 11.8 Å². The van der Waals surface area contributed by atoms with Gasteiger partial charge in [0.15, 0.2) is 0 Å². The predicted octanol–water partition coefficient (Wildman–Crippen LogP) is 13.0. The van der Waals surface area contributed by atoms with Gasteiger partial charge in [-0.1, -0.05) is 65.7 Å². The van der Waals surface area contributed by atoms with Crippen LogP contribution in [-0.4, -0.2) is 128 Å². The minimum atomic E-state index is 0.133. The summed E-state index contributed by atoms with van der Waals surface area (Å²) >= 11 is 24.8. The average molecular weight is 1160 g/mol. The van der Waals surface area contributed by atoms with Crippen LogP contribution < -0.4 is 20.0 Å². The van der Waals surface area contributed by atoms with Crippen LogP contribution in [-0.2, 0) is 9.59 Å². The Kier molecular flexibility index (Phi) is 18.7. The first-order valence-corrected chi connectivity index (χ1v) is 29.5. The molecule has 0 radical (unpaired) electrons. The van der Waals surface area contributed by atoms with E-state index in [9.17, 15) is 9.59 Å². The number of carbonyl (C=O) groups is 2. The summed E-state index contributed by atoms with van der Waals surface area (Å²) in [5.41, 5.74) is 8.80. The summed E-state index contributed by atoms with van der Waals surface area (Å²) < 4.78 is 2.07. The van der Waals surface area contributed by atoms with Crippen molar-refractivity contribution in [3.05, 3.63) is 117 Å². The highest BCUT2D eigenvalue weighted by atomic mass is 35.5. The molecule has 17 nitrogen and oxygen atoms in total. The lowest BCUT2D eigenvalue weighted by Crippen LogP contribution is -2.35. The maximum atomic E-state index is 11.8. The van der Waals surface area contributed by atoms with E-state index in [-0.39, 0.29) is 11.8 Å². The molecule has 1 saturated carbocycles. The van der Waals surface area contributed by atoms with Crippen LogP contribution in [0.1, 0.15) is 101 Å². The number of aromatic nitrogens is 10. The van der Waals surface area contributed by atoms with Gasteiger partial charge in [0, 0.05) is 144 Å². The Morgan fingerprint density at radius 1 is 0.550 bits per heavy atom. The number of hydrogen-bond donors (Lipinski definition) is 5. The standard InChI is InChI=1S/C16H21ClN4O.C15H16ClN5.C15H19ClN4O.C13H15ClN2/c1-20(2)16(22)7-11-3-5-21(6-4-11)15-9-12(17)8-14-13(15)10-18-19-14;16-11-8-14-13(10-17-19-14)15(9-11)20-6-2-12(3-7-20)21-5-1-4-18-21;1-17-15(21)6-10-2-4-20(5-3-10)14-8-11(16)7-13-12(14)9-18-19-13;14-10-6-11(9-4-2-1-3-5-9)12-8-15-16-13(12)7-10/h8-11H,3-7H2,1-2H3,(H,18,19);1,4-5,8-10,12H,2-3,6-7H2,(H,17,19);7-10H,2-6H2,1H3,(H,17,21)(H,18,19);6-9H,1-5H2,(H,15,16). The van der Waals surface area contributed by atoms with Crippen LogP contribution in [0.5, 0.6) is 0 Å². The fourth-order valence-electron chi connectivity index (χ4n) is 12.0. The molecule has 8 heterocycles. The van der Waals surface area contributed by atoms with Crippen LogP contribution >= 0.6 is 46.4 Å². The SMILES string of the molecule is CN(C)C(=O)CC1CCN(c2cc(Cl)cc3[nH]ncc23)CC1.CNC(=O)CC1CCN(c2cc(Cl)cc3[nH]ncc23)CC1.Clc1cc(C2CCCCC2)c2cn[nH]c2c1.Clc1cc(N2CCC(n3cccn3)CC2)c2cn[nH]c2c1. The number of piperidine rings is 3. The molecule has 2 amide bonds. The van der Waals surface area contributed by atoms with Crippen molar-refractivity contribution in [3.8, 4) is 0 Å². The molecule has 1 aliphatic carbocycles. The Hall–Kier alpha value is -6.53.